The molecule has 3 amide bonds. The maximum absolute atomic E-state index is 12.2. The van der Waals surface area contributed by atoms with Crippen LogP contribution in [0.5, 0.6) is 0 Å². The van der Waals surface area contributed by atoms with Gasteiger partial charge in [-0.15, -0.1) is 0 Å². The SMILES string of the molecule is O=C(Nc1cccc(CN2CCCCC2=O)c1)NC1CCC(O)CC1. The van der Waals surface area contributed by atoms with E-state index in [1.54, 1.807) is 0 Å². The molecule has 1 aromatic rings. The molecule has 0 spiro atoms. The van der Waals surface area contributed by atoms with Gasteiger partial charge in [-0.2, -0.15) is 0 Å². The van der Waals surface area contributed by atoms with E-state index in [1.165, 1.54) is 0 Å². The second kappa shape index (κ2) is 8.34. The van der Waals surface area contributed by atoms with E-state index in [4.69, 9.17) is 0 Å². The minimum atomic E-state index is -0.227. The molecule has 25 heavy (non-hydrogen) atoms. The number of hydrogen-bond donors (Lipinski definition) is 3. The number of aliphatic hydroxyl groups is 1. The van der Waals surface area contributed by atoms with Gasteiger partial charge in [0, 0.05) is 31.2 Å². The summed E-state index contributed by atoms with van der Waals surface area (Å²) in [7, 11) is 0. The second-order valence-corrected chi connectivity index (χ2v) is 7.08. The summed E-state index contributed by atoms with van der Waals surface area (Å²) in [5.41, 5.74) is 1.75. The van der Waals surface area contributed by atoms with Crippen LogP contribution >= 0.6 is 0 Å². The number of hydrogen-bond acceptors (Lipinski definition) is 3. The topological polar surface area (TPSA) is 81.7 Å². The molecule has 1 aliphatic heterocycles. The van der Waals surface area contributed by atoms with Crippen molar-refractivity contribution in [3.63, 3.8) is 0 Å². The number of likely N-dealkylation sites (tertiary alicyclic amines) is 1. The molecule has 0 atom stereocenters. The summed E-state index contributed by atoms with van der Waals surface area (Å²) in [6, 6.07) is 7.56. The van der Waals surface area contributed by atoms with E-state index < -0.39 is 0 Å². The van der Waals surface area contributed by atoms with Gasteiger partial charge in [0.25, 0.3) is 0 Å². The van der Waals surface area contributed by atoms with Crippen molar-refractivity contribution < 1.29 is 14.7 Å². The lowest BCUT2D eigenvalue weighted by Gasteiger charge is -2.27. The predicted octanol–water partition coefficient (Wildman–Crippen LogP) is 2.62. The molecule has 0 radical (unpaired) electrons. The van der Waals surface area contributed by atoms with Crippen LogP contribution in [-0.4, -0.2) is 40.6 Å². The first kappa shape index (κ1) is 17.7. The number of rotatable bonds is 4. The third kappa shape index (κ3) is 5.19. The Morgan fingerprint density at radius 3 is 2.76 bits per heavy atom. The second-order valence-electron chi connectivity index (χ2n) is 7.08. The number of benzene rings is 1. The molecule has 0 unspecified atom stereocenters. The molecule has 1 heterocycles. The molecule has 1 aromatic carbocycles. The van der Waals surface area contributed by atoms with Crippen LogP contribution in [0.3, 0.4) is 0 Å². The van der Waals surface area contributed by atoms with Gasteiger partial charge < -0.3 is 20.6 Å². The van der Waals surface area contributed by atoms with Gasteiger partial charge in [-0.05, 0) is 56.2 Å². The van der Waals surface area contributed by atoms with Crippen molar-refractivity contribution in [2.75, 3.05) is 11.9 Å². The van der Waals surface area contributed by atoms with E-state index in [0.29, 0.717) is 13.0 Å². The third-order valence-electron chi connectivity index (χ3n) is 5.01. The lowest BCUT2D eigenvalue weighted by Crippen LogP contribution is -2.40. The molecule has 0 bridgehead atoms. The molecule has 3 rings (SSSR count). The Balaban J connectivity index is 1.52. The van der Waals surface area contributed by atoms with Crippen LogP contribution in [0.2, 0.25) is 0 Å². The van der Waals surface area contributed by atoms with Crippen molar-refractivity contribution in [3.8, 4) is 0 Å². The van der Waals surface area contributed by atoms with E-state index in [2.05, 4.69) is 10.6 Å². The van der Waals surface area contributed by atoms with Gasteiger partial charge in [0.1, 0.15) is 0 Å². The van der Waals surface area contributed by atoms with Gasteiger partial charge in [0.15, 0.2) is 0 Å². The number of nitrogens with zero attached hydrogens (tertiary/aromatic N) is 1. The normalized spacial score (nSPS) is 24.0. The van der Waals surface area contributed by atoms with Gasteiger partial charge in [-0.3, -0.25) is 4.79 Å². The first-order valence-corrected chi connectivity index (χ1v) is 9.22. The van der Waals surface area contributed by atoms with Gasteiger partial charge in [-0.1, -0.05) is 12.1 Å². The van der Waals surface area contributed by atoms with Crippen LogP contribution in [0.1, 0.15) is 50.5 Å². The largest absolute Gasteiger partial charge is 0.393 e. The zero-order valence-corrected chi connectivity index (χ0v) is 14.5. The number of urea groups is 1. The quantitative estimate of drug-likeness (QED) is 0.784. The standard InChI is InChI=1S/C19H27N3O3/c23-17-9-7-15(8-10-17)20-19(25)21-16-5-3-4-14(12-16)13-22-11-2-1-6-18(22)24/h3-5,12,15,17,23H,1-2,6-11,13H2,(H2,20,21,25). The Hall–Kier alpha value is -2.08. The fourth-order valence-electron chi connectivity index (χ4n) is 3.57. The third-order valence-corrected chi connectivity index (χ3v) is 5.01. The lowest BCUT2D eigenvalue weighted by atomic mass is 9.93. The van der Waals surface area contributed by atoms with Crippen LogP contribution < -0.4 is 10.6 Å². The van der Waals surface area contributed by atoms with Gasteiger partial charge >= 0.3 is 6.03 Å². The molecular formula is C19H27N3O3. The molecule has 1 saturated heterocycles. The number of carbonyl (C=O) groups is 2. The van der Waals surface area contributed by atoms with E-state index in [-0.39, 0.29) is 24.1 Å². The van der Waals surface area contributed by atoms with Crippen LogP contribution in [0.15, 0.2) is 24.3 Å². The van der Waals surface area contributed by atoms with Crippen molar-refractivity contribution >= 4 is 17.6 Å². The molecule has 136 valence electrons. The maximum atomic E-state index is 12.2. The Morgan fingerprint density at radius 1 is 1.20 bits per heavy atom. The molecule has 6 heteroatoms. The number of aliphatic hydroxyl groups excluding tert-OH is 1. The average molecular weight is 345 g/mol. The maximum Gasteiger partial charge on any atom is 0.319 e. The minimum Gasteiger partial charge on any atom is -0.393 e. The number of anilines is 1. The number of amides is 3. The summed E-state index contributed by atoms with van der Waals surface area (Å²) in [4.78, 5) is 26.0. The van der Waals surface area contributed by atoms with Crippen LogP contribution in [-0.2, 0) is 11.3 Å². The van der Waals surface area contributed by atoms with E-state index in [1.807, 2.05) is 29.2 Å². The van der Waals surface area contributed by atoms with Crippen LogP contribution in [0.25, 0.3) is 0 Å². The summed E-state index contributed by atoms with van der Waals surface area (Å²) in [6.07, 6.45) is 5.55. The van der Waals surface area contributed by atoms with Gasteiger partial charge in [-0.25, -0.2) is 4.79 Å². The first-order valence-electron chi connectivity index (χ1n) is 9.22. The Kier molecular flexibility index (Phi) is 5.91. The highest BCUT2D eigenvalue weighted by Crippen LogP contribution is 2.19. The molecule has 6 nitrogen and oxygen atoms in total. The summed E-state index contributed by atoms with van der Waals surface area (Å²) in [5, 5.41) is 15.4. The molecule has 2 fully saturated rings. The minimum absolute atomic E-state index is 0.123. The Bertz CT molecular complexity index is 612. The fraction of sp³-hybridized carbons (Fsp3) is 0.579. The highest BCUT2D eigenvalue weighted by molar-refractivity contribution is 5.89. The smallest absolute Gasteiger partial charge is 0.319 e. The molecule has 3 N–H and O–H groups in total. The summed E-state index contributed by atoms with van der Waals surface area (Å²) >= 11 is 0. The zero-order chi connectivity index (χ0) is 17.6. The van der Waals surface area contributed by atoms with Crippen molar-refractivity contribution in [1.82, 2.24) is 10.2 Å². The molecule has 1 saturated carbocycles. The summed E-state index contributed by atoms with van der Waals surface area (Å²) in [6.45, 7) is 1.40. The van der Waals surface area contributed by atoms with Crippen molar-refractivity contribution in [1.29, 1.82) is 0 Å². The monoisotopic (exact) mass is 345 g/mol. The van der Waals surface area contributed by atoms with Gasteiger partial charge in [0.05, 0.1) is 6.10 Å². The van der Waals surface area contributed by atoms with E-state index in [0.717, 1.165) is 56.3 Å². The van der Waals surface area contributed by atoms with E-state index >= 15 is 0 Å². The average Bonchev–Trinajstić information content (AvgIpc) is 2.59. The van der Waals surface area contributed by atoms with Crippen molar-refractivity contribution in [2.45, 2.75) is 63.6 Å². The molecule has 0 aromatic heterocycles. The summed E-state index contributed by atoms with van der Waals surface area (Å²) in [5.74, 6) is 0.210. The first-order chi connectivity index (χ1) is 12.1. The highest BCUT2D eigenvalue weighted by atomic mass is 16.3. The van der Waals surface area contributed by atoms with Crippen LogP contribution in [0.4, 0.5) is 10.5 Å². The highest BCUT2D eigenvalue weighted by Gasteiger charge is 2.21. The predicted molar refractivity (Wildman–Crippen MR) is 96.1 cm³/mol. The fourth-order valence-corrected chi connectivity index (χ4v) is 3.57. The van der Waals surface area contributed by atoms with Gasteiger partial charge in [0.2, 0.25) is 5.91 Å². The van der Waals surface area contributed by atoms with E-state index in [9.17, 15) is 14.7 Å². The Labute approximate surface area is 148 Å². The van der Waals surface area contributed by atoms with Crippen molar-refractivity contribution in [2.24, 2.45) is 0 Å². The number of piperidine rings is 1. The van der Waals surface area contributed by atoms with Crippen molar-refractivity contribution in [3.05, 3.63) is 29.8 Å². The molecular weight excluding hydrogens is 318 g/mol. The summed E-state index contributed by atoms with van der Waals surface area (Å²) < 4.78 is 0. The molecule has 1 aliphatic carbocycles. The zero-order valence-electron chi connectivity index (χ0n) is 14.5. The number of nitrogens with one attached hydrogen (secondary N) is 2. The lowest BCUT2D eigenvalue weighted by molar-refractivity contribution is -0.133. The number of carbonyl (C=O) groups excluding carboxylic acids is 2. The Morgan fingerprint density at radius 2 is 2.00 bits per heavy atom. The molecule has 2 aliphatic rings. The van der Waals surface area contributed by atoms with Crippen LogP contribution in [0, 0.1) is 0 Å².